The van der Waals surface area contributed by atoms with Crippen LogP contribution in [0.4, 0.5) is 0 Å². The molecule has 1 saturated heterocycles. The fourth-order valence-corrected chi connectivity index (χ4v) is 3.62. The average Bonchev–Trinajstić information content (AvgIpc) is 3.07. The Bertz CT molecular complexity index is 637. The molecule has 2 N–H and O–H groups in total. The van der Waals surface area contributed by atoms with Gasteiger partial charge in [-0.15, -0.1) is 11.3 Å². The van der Waals surface area contributed by atoms with Crippen molar-refractivity contribution in [3.8, 4) is 0 Å². The van der Waals surface area contributed by atoms with Crippen molar-refractivity contribution < 1.29 is 4.79 Å². The molecule has 0 spiro atoms. The summed E-state index contributed by atoms with van der Waals surface area (Å²) in [6.45, 7) is 6.11. The van der Waals surface area contributed by atoms with Crippen LogP contribution in [-0.2, 0) is 7.05 Å². The summed E-state index contributed by atoms with van der Waals surface area (Å²) in [7, 11) is 1.94. The zero-order valence-corrected chi connectivity index (χ0v) is 12.9. The summed E-state index contributed by atoms with van der Waals surface area (Å²) in [6, 6.07) is 2.25. The number of aryl methyl sites for hydroxylation is 1. The topological polar surface area (TPSA) is 59.0 Å². The molecule has 1 aliphatic rings. The van der Waals surface area contributed by atoms with Crippen molar-refractivity contribution in [1.82, 2.24) is 20.4 Å². The summed E-state index contributed by atoms with van der Waals surface area (Å²) in [5.74, 6) is 0.401. The van der Waals surface area contributed by atoms with Gasteiger partial charge in [-0.3, -0.25) is 9.48 Å². The standard InChI is InChI=1S/C14H20N4OS/c1-8(2)12-10-6-11(20-14(10)18(3)17-12)13(19)16-9-4-5-15-7-9/h6,8-9,15H,4-5,7H2,1-3H3,(H,16,19). The first-order valence-electron chi connectivity index (χ1n) is 7.04. The number of rotatable bonds is 3. The molecule has 1 atom stereocenters. The molecule has 0 saturated carbocycles. The van der Waals surface area contributed by atoms with Crippen molar-refractivity contribution in [2.24, 2.45) is 7.05 Å². The second kappa shape index (κ2) is 5.18. The van der Waals surface area contributed by atoms with Gasteiger partial charge in [-0.1, -0.05) is 13.8 Å². The molecule has 0 radical (unpaired) electrons. The molecule has 1 fully saturated rings. The first-order chi connectivity index (χ1) is 9.56. The number of thiophene rings is 1. The summed E-state index contributed by atoms with van der Waals surface area (Å²) in [6.07, 6.45) is 1.01. The molecule has 1 unspecified atom stereocenters. The molecule has 3 rings (SSSR count). The lowest BCUT2D eigenvalue weighted by Gasteiger charge is -2.09. The monoisotopic (exact) mass is 292 g/mol. The van der Waals surface area contributed by atoms with Gasteiger partial charge in [0.05, 0.1) is 10.6 Å². The number of amides is 1. The molecule has 0 aromatic carbocycles. The van der Waals surface area contributed by atoms with E-state index < -0.39 is 0 Å². The van der Waals surface area contributed by atoms with E-state index in [1.165, 1.54) is 11.3 Å². The van der Waals surface area contributed by atoms with Gasteiger partial charge in [0.2, 0.25) is 0 Å². The third-order valence-electron chi connectivity index (χ3n) is 3.71. The Balaban J connectivity index is 1.88. The number of nitrogens with one attached hydrogen (secondary N) is 2. The number of carbonyl (C=O) groups is 1. The Morgan fingerprint density at radius 3 is 3.05 bits per heavy atom. The predicted octanol–water partition coefficient (Wildman–Crippen LogP) is 1.85. The molecule has 5 nitrogen and oxygen atoms in total. The minimum absolute atomic E-state index is 0.0367. The Morgan fingerprint density at radius 1 is 1.60 bits per heavy atom. The molecular formula is C14H20N4OS. The van der Waals surface area contributed by atoms with E-state index in [-0.39, 0.29) is 11.9 Å². The van der Waals surface area contributed by atoms with E-state index in [9.17, 15) is 4.79 Å². The quantitative estimate of drug-likeness (QED) is 0.907. The molecule has 1 aliphatic heterocycles. The second-order valence-corrected chi connectivity index (χ2v) is 6.69. The van der Waals surface area contributed by atoms with Crippen LogP contribution >= 0.6 is 11.3 Å². The molecular weight excluding hydrogens is 272 g/mol. The normalized spacial score (nSPS) is 19.1. The predicted molar refractivity (Wildman–Crippen MR) is 81.4 cm³/mol. The number of carbonyl (C=O) groups excluding carboxylic acids is 1. The van der Waals surface area contributed by atoms with E-state index in [0.717, 1.165) is 40.3 Å². The number of fused-ring (bicyclic) bond motifs is 1. The van der Waals surface area contributed by atoms with Crippen molar-refractivity contribution >= 4 is 27.5 Å². The fourth-order valence-electron chi connectivity index (χ4n) is 2.64. The number of aromatic nitrogens is 2. The Hall–Kier alpha value is -1.40. The highest BCUT2D eigenvalue weighted by Crippen LogP contribution is 2.31. The van der Waals surface area contributed by atoms with Crippen molar-refractivity contribution in [1.29, 1.82) is 0 Å². The first kappa shape index (κ1) is 13.6. The lowest BCUT2D eigenvalue weighted by Crippen LogP contribution is -2.35. The van der Waals surface area contributed by atoms with Crippen LogP contribution in [0.3, 0.4) is 0 Å². The first-order valence-corrected chi connectivity index (χ1v) is 7.86. The summed E-state index contributed by atoms with van der Waals surface area (Å²) < 4.78 is 1.88. The molecule has 0 aliphatic carbocycles. The fraction of sp³-hybridized carbons (Fsp3) is 0.571. The molecule has 2 aromatic heterocycles. The van der Waals surface area contributed by atoms with Crippen molar-refractivity contribution in [2.75, 3.05) is 13.1 Å². The van der Waals surface area contributed by atoms with Crippen LogP contribution in [-0.4, -0.2) is 34.8 Å². The zero-order chi connectivity index (χ0) is 14.3. The maximum Gasteiger partial charge on any atom is 0.261 e. The van der Waals surface area contributed by atoms with Gasteiger partial charge < -0.3 is 10.6 Å². The summed E-state index contributed by atoms with van der Waals surface area (Å²) in [4.78, 5) is 14.2. The van der Waals surface area contributed by atoms with Gasteiger partial charge in [-0.25, -0.2) is 0 Å². The van der Waals surface area contributed by atoms with E-state index in [1.54, 1.807) is 0 Å². The van der Waals surface area contributed by atoms with Crippen LogP contribution in [0.2, 0.25) is 0 Å². The minimum Gasteiger partial charge on any atom is -0.347 e. The van der Waals surface area contributed by atoms with Crippen LogP contribution in [0.25, 0.3) is 10.2 Å². The average molecular weight is 292 g/mol. The van der Waals surface area contributed by atoms with Crippen molar-refractivity contribution in [3.63, 3.8) is 0 Å². The SMILES string of the molecule is CC(C)c1nn(C)c2sc(C(=O)NC3CCNC3)cc12. The molecule has 0 bridgehead atoms. The molecule has 1 amide bonds. The minimum atomic E-state index is 0.0367. The van der Waals surface area contributed by atoms with Gasteiger partial charge in [0.15, 0.2) is 0 Å². The summed E-state index contributed by atoms with van der Waals surface area (Å²) in [5, 5.41) is 12.0. The third kappa shape index (κ3) is 2.33. The summed E-state index contributed by atoms with van der Waals surface area (Å²) in [5.41, 5.74) is 1.07. The van der Waals surface area contributed by atoms with E-state index in [2.05, 4.69) is 29.6 Å². The van der Waals surface area contributed by atoms with Crippen LogP contribution in [0.5, 0.6) is 0 Å². The van der Waals surface area contributed by atoms with E-state index >= 15 is 0 Å². The second-order valence-electron chi connectivity index (χ2n) is 5.66. The van der Waals surface area contributed by atoms with Gasteiger partial charge in [0, 0.05) is 25.0 Å². The van der Waals surface area contributed by atoms with Crippen LogP contribution in [0.1, 0.15) is 41.6 Å². The van der Waals surface area contributed by atoms with Gasteiger partial charge in [0.25, 0.3) is 5.91 Å². The summed E-state index contributed by atoms with van der Waals surface area (Å²) >= 11 is 1.52. The van der Waals surface area contributed by atoms with Crippen LogP contribution in [0.15, 0.2) is 6.07 Å². The highest BCUT2D eigenvalue weighted by Gasteiger charge is 2.21. The highest BCUT2D eigenvalue weighted by atomic mass is 32.1. The Kier molecular flexibility index (Phi) is 3.52. The number of hydrogen-bond donors (Lipinski definition) is 2. The maximum absolute atomic E-state index is 12.3. The zero-order valence-electron chi connectivity index (χ0n) is 12.1. The van der Waals surface area contributed by atoms with Crippen LogP contribution < -0.4 is 10.6 Å². The lowest BCUT2D eigenvalue weighted by molar-refractivity contribution is 0.0944. The molecule has 3 heterocycles. The molecule has 6 heteroatoms. The Labute approximate surface area is 122 Å². The van der Waals surface area contributed by atoms with Crippen molar-refractivity contribution in [3.05, 3.63) is 16.6 Å². The van der Waals surface area contributed by atoms with Gasteiger partial charge in [0.1, 0.15) is 4.83 Å². The van der Waals surface area contributed by atoms with Gasteiger partial charge in [-0.2, -0.15) is 5.10 Å². The lowest BCUT2D eigenvalue weighted by atomic mass is 10.1. The van der Waals surface area contributed by atoms with E-state index in [4.69, 9.17) is 0 Å². The van der Waals surface area contributed by atoms with Gasteiger partial charge in [-0.05, 0) is 24.9 Å². The van der Waals surface area contributed by atoms with E-state index in [1.807, 2.05) is 17.8 Å². The number of hydrogen-bond acceptors (Lipinski definition) is 4. The van der Waals surface area contributed by atoms with Gasteiger partial charge >= 0.3 is 0 Å². The van der Waals surface area contributed by atoms with Crippen molar-refractivity contribution in [2.45, 2.75) is 32.2 Å². The third-order valence-corrected chi connectivity index (χ3v) is 4.91. The Morgan fingerprint density at radius 2 is 2.40 bits per heavy atom. The highest BCUT2D eigenvalue weighted by molar-refractivity contribution is 7.20. The molecule has 2 aromatic rings. The number of nitrogens with zero attached hydrogens (tertiary/aromatic N) is 2. The maximum atomic E-state index is 12.3. The van der Waals surface area contributed by atoms with E-state index in [0.29, 0.717) is 5.92 Å². The molecule has 20 heavy (non-hydrogen) atoms. The van der Waals surface area contributed by atoms with Crippen LogP contribution in [0, 0.1) is 0 Å². The largest absolute Gasteiger partial charge is 0.347 e. The smallest absolute Gasteiger partial charge is 0.261 e. The molecule has 108 valence electrons.